The van der Waals surface area contributed by atoms with Crippen molar-refractivity contribution in [2.75, 3.05) is 5.32 Å². The van der Waals surface area contributed by atoms with Gasteiger partial charge in [0, 0.05) is 11.2 Å². The zero-order valence-corrected chi connectivity index (χ0v) is 12.3. The molecule has 0 aliphatic rings. The van der Waals surface area contributed by atoms with Crippen LogP contribution in [0.3, 0.4) is 0 Å². The summed E-state index contributed by atoms with van der Waals surface area (Å²) in [6.07, 6.45) is 1.57. The molecular formula is C16H18FN3O. The van der Waals surface area contributed by atoms with Gasteiger partial charge in [-0.15, -0.1) is 0 Å². The Morgan fingerprint density at radius 3 is 2.19 bits per heavy atom. The lowest BCUT2D eigenvalue weighted by atomic mass is 10.1. The molecule has 0 aliphatic carbocycles. The minimum atomic E-state index is -0.302. The van der Waals surface area contributed by atoms with Crippen LogP contribution in [0.25, 0.3) is 0 Å². The lowest BCUT2D eigenvalue weighted by Crippen LogP contribution is -2.40. The van der Waals surface area contributed by atoms with Crippen molar-refractivity contribution >= 4 is 17.3 Å². The maximum atomic E-state index is 12.8. The molecule has 0 atom stereocenters. The molecule has 2 aromatic rings. The number of rotatable bonds is 3. The van der Waals surface area contributed by atoms with Crippen molar-refractivity contribution in [1.82, 2.24) is 10.3 Å². The summed E-state index contributed by atoms with van der Waals surface area (Å²) in [7, 11) is 0. The first-order valence-corrected chi connectivity index (χ1v) is 6.65. The predicted octanol–water partition coefficient (Wildman–Crippen LogP) is 3.49. The van der Waals surface area contributed by atoms with E-state index in [-0.39, 0.29) is 17.3 Å². The van der Waals surface area contributed by atoms with E-state index in [1.807, 2.05) is 20.8 Å². The third-order valence-electron chi connectivity index (χ3n) is 2.62. The molecule has 1 aromatic heterocycles. The summed E-state index contributed by atoms with van der Waals surface area (Å²) in [5.41, 5.74) is 1.54. The second kappa shape index (κ2) is 5.91. The highest BCUT2D eigenvalue weighted by Crippen LogP contribution is 2.16. The minimum absolute atomic E-state index is 0.212. The van der Waals surface area contributed by atoms with Crippen molar-refractivity contribution in [1.29, 1.82) is 0 Å². The first-order chi connectivity index (χ1) is 9.83. The Balaban J connectivity index is 2.05. The maximum Gasteiger partial charge on any atom is 0.270 e. The van der Waals surface area contributed by atoms with Gasteiger partial charge in [0.25, 0.3) is 5.91 Å². The van der Waals surface area contributed by atoms with E-state index in [0.717, 1.165) is 11.4 Å². The van der Waals surface area contributed by atoms with Gasteiger partial charge in [-0.3, -0.25) is 4.79 Å². The van der Waals surface area contributed by atoms with Crippen LogP contribution in [0.15, 0.2) is 42.6 Å². The van der Waals surface area contributed by atoms with Gasteiger partial charge in [0.2, 0.25) is 0 Å². The van der Waals surface area contributed by atoms with Crippen LogP contribution >= 0.6 is 0 Å². The monoisotopic (exact) mass is 287 g/mol. The molecule has 0 unspecified atom stereocenters. The van der Waals surface area contributed by atoms with Gasteiger partial charge in [0.15, 0.2) is 0 Å². The zero-order valence-electron chi connectivity index (χ0n) is 12.3. The molecule has 0 spiro atoms. The van der Waals surface area contributed by atoms with Crippen molar-refractivity contribution in [2.45, 2.75) is 26.3 Å². The van der Waals surface area contributed by atoms with Crippen molar-refractivity contribution in [3.8, 4) is 0 Å². The fourth-order valence-corrected chi connectivity index (χ4v) is 1.71. The summed E-state index contributed by atoms with van der Waals surface area (Å²) >= 11 is 0. The number of anilines is 2. The molecule has 1 aromatic carbocycles. The topological polar surface area (TPSA) is 54.0 Å². The predicted molar refractivity (Wildman–Crippen MR) is 81.1 cm³/mol. The standard InChI is InChI=1S/C16H18FN3O/c1-16(2,3)20-15(21)14-9-8-13(10-18-14)19-12-6-4-11(17)5-7-12/h4-10,19H,1-3H3,(H,20,21). The number of aromatic nitrogens is 1. The molecule has 4 nitrogen and oxygen atoms in total. The number of benzene rings is 1. The van der Waals surface area contributed by atoms with E-state index in [9.17, 15) is 9.18 Å². The van der Waals surface area contributed by atoms with Crippen LogP contribution in [0.1, 0.15) is 31.3 Å². The molecule has 0 saturated heterocycles. The number of pyridine rings is 1. The van der Waals surface area contributed by atoms with Gasteiger partial charge in [-0.25, -0.2) is 9.37 Å². The number of hydrogen-bond donors (Lipinski definition) is 2. The first kappa shape index (κ1) is 15.0. The molecule has 0 radical (unpaired) electrons. The Morgan fingerprint density at radius 1 is 1.05 bits per heavy atom. The Kier molecular flexibility index (Phi) is 4.21. The maximum absolute atomic E-state index is 12.8. The zero-order chi connectivity index (χ0) is 15.5. The molecule has 5 heteroatoms. The second-order valence-corrected chi connectivity index (χ2v) is 5.77. The number of nitrogens with one attached hydrogen (secondary N) is 2. The van der Waals surface area contributed by atoms with Crippen LogP contribution in [0.2, 0.25) is 0 Å². The molecule has 1 amide bonds. The summed E-state index contributed by atoms with van der Waals surface area (Å²) in [5.74, 6) is -0.497. The fourth-order valence-electron chi connectivity index (χ4n) is 1.71. The van der Waals surface area contributed by atoms with Gasteiger partial charge >= 0.3 is 0 Å². The highest BCUT2D eigenvalue weighted by molar-refractivity contribution is 5.92. The normalized spacial score (nSPS) is 11.0. The summed E-state index contributed by atoms with van der Waals surface area (Å²) in [5, 5.41) is 5.93. The average Bonchev–Trinajstić information content (AvgIpc) is 2.40. The van der Waals surface area contributed by atoms with Crippen molar-refractivity contribution in [2.24, 2.45) is 0 Å². The average molecular weight is 287 g/mol. The number of carbonyl (C=O) groups excluding carboxylic acids is 1. The number of amides is 1. The summed E-state index contributed by atoms with van der Waals surface area (Å²) in [6, 6.07) is 9.42. The van der Waals surface area contributed by atoms with Gasteiger partial charge in [-0.2, -0.15) is 0 Å². The van der Waals surface area contributed by atoms with Crippen molar-refractivity contribution in [3.05, 3.63) is 54.1 Å². The van der Waals surface area contributed by atoms with Crippen LogP contribution in [-0.2, 0) is 0 Å². The minimum Gasteiger partial charge on any atom is -0.354 e. The lowest BCUT2D eigenvalue weighted by molar-refractivity contribution is 0.0914. The Morgan fingerprint density at radius 2 is 1.67 bits per heavy atom. The highest BCUT2D eigenvalue weighted by atomic mass is 19.1. The third-order valence-corrected chi connectivity index (χ3v) is 2.62. The molecule has 0 saturated carbocycles. The van der Waals surface area contributed by atoms with E-state index in [2.05, 4.69) is 15.6 Å². The largest absolute Gasteiger partial charge is 0.354 e. The smallest absolute Gasteiger partial charge is 0.270 e. The SMILES string of the molecule is CC(C)(C)NC(=O)c1ccc(Nc2ccc(F)cc2)cn1. The Labute approximate surface area is 123 Å². The van der Waals surface area contributed by atoms with Crippen LogP contribution < -0.4 is 10.6 Å². The number of carbonyl (C=O) groups is 1. The van der Waals surface area contributed by atoms with Crippen LogP contribution in [-0.4, -0.2) is 16.4 Å². The van der Waals surface area contributed by atoms with E-state index in [0.29, 0.717) is 5.69 Å². The van der Waals surface area contributed by atoms with Crippen LogP contribution in [0.5, 0.6) is 0 Å². The summed E-state index contributed by atoms with van der Waals surface area (Å²) < 4.78 is 12.8. The molecular weight excluding hydrogens is 269 g/mol. The second-order valence-electron chi connectivity index (χ2n) is 5.77. The first-order valence-electron chi connectivity index (χ1n) is 6.65. The van der Waals surface area contributed by atoms with Crippen LogP contribution in [0, 0.1) is 5.82 Å². The highest BCUT2D eigenvalue weighted by Gasteiger charge is 2.15. The Bertz CT molecular complexity index is 615. The van der Waals surface area contributed by atoms with Gasteiger partial charge < -0.3 is 10.6 Å². The third kappa shape index (κ3) is 4.56. The molecule has 2 N–H and O–H groups in total. The molecule has 110 valence electrons. The van der Waals surface area contributed by atoms with Crippen molar-refractivity contribution in [3.63, 3.8) is 0 Å². The number of nitrogens with zero attached hydrogens (tertiary/aromatic N) is 1. The van der Waals surface area contributed by atoms with Gasteiger partial charge in [0.05, 0.1) is 11.9 Å². The molecule has 0 aliphatic heterocycles. The van der Waals surface area contributed by atoms with E-state index in [1.165, 1.54) is 12.1 Å². The summed E-state index contributed by atoms with van der Waals surface area (Å²) in [4.78, 5) is 16.1. The number of hydrogen-bond acceptors (Lipinski definition) is 3. The molecule has 1 heterocycles. The van der Waals surface area contributed by atoms with E-state index in [1.54, 1.807) is 30.5 Å². The molecule has 0 bridgehead atoms. The molecule has 2 rings (SSSR count). The van der Waals surface area contributed by atoms with Crippen molar-refractivity contribution < 1.29 is 9.18 Å². The summed E-state index contributed by atoms with van der Waals surface area (Å²) in [6.45, 7) is 5.74. The van der Waals surface area contributed by atoms with E-state index < -0.39 is 0 Å². The van der Waals surface area contributed by atoms with Gasteiger partial charge in [-0.1, -0.05) is 0 Å². The molecule has 0 fully saturated rings. The fraction of sp³-hybridized carbons (Fsp3) is 0.250. The van der Waals surface area contributed by atoms with Crippen LogP contribution in [0.4, 0.5) is 15.8 Å². The number of halogens is 1. The van der Waals surface area contributed by atoms with E-state index >= 15 is 0 Å². The lowest BCUT2D eigenvalue weighted by Gasteiger charge is -2.20. The Hall–Kier alpha value is -2.43. The molecule has 21 heavy (non-hydrogen) atoms. The van der Waals surface area contributed by atoms with Gasteiger partial charge in [0.1, 0.15) is 11.5 Å². The quantitative estimate of drug-likeness (QED) is 0.908. The van der Waals surface area contributed by atoms with Gasteiger partial charge in [-0.05, 0) is 57.2 Å². The van der Waals surface area contributed by atoms with E-state index in [4.69, 9.17) is 0 Å².